The molecule has 1 rings (SSSR count). The minimum atomic E-state index is -0.212. The second kappa shape index (κ2) is 5.65. The normalized spacial score (nSPS) is 25.8. The van der Waals surface area contributed by atoms with Crippen LogP contribution in [0.25, 0.3) is 0 Å². The first-order chi connectivity index (χ1) is 7.86. The van der Waals surface area contributed by atoms with Gasteiger partial charge in [-0.3, -0.25) is 0 Å². The van der Waals surface area contributed by atoms with Gasteiger partial charge in [-0.2, -0.15) is 0 Å². The van der Waals surface area contributed by atoms with E-state index in [0.717, 1.165) is 18.4 Å². The Morgan fingerprint density at radius 1 is 1.47 bits per heavy atom. The van der Waals surface area contributed by atoms with Crippen molar-refractivity contribution in [2.24, 2.45) is 5.41 Å². The Morgan fingerprint density at radius 2 is 2.12 bits per heavy atom. The molecule has 0 saturated carbocycles. The first kappa shape index (κ1) is 14.2. The molecule has 0 saturated heterocycles. The Hall–Kier alpha value is -0.860. The van der Waals surface area contributed by atoms with Crippen molar-refractivity contribution in [3.63, 3.8) is 0 Å². The van der Waals surface area contributed by atoms with Gasteiger partial charge >= 0.3 is 0 Å². The topological polar surface area (TPSA) is 40.5 Å². The summed E-state index contributed by atoms with van der Waals surface area (Å²) in [6, 6.07) is 0. The number of aliphatic hydroxyl groups excluding tert-OH is 2. The van der Waals surface area contributed by atoms with Crippen LogP contribution in [0.15, 0.2) is 34.9 Å². The lowest BCUT2D eigenvalue weighted by atomic mass is 9.71. The molecule has 0 aliphatic heterocycles. The van der Waals surface area contributed by atoms with Crippen molar-refractivity contribution < 1.29 is 10.2 Å². The third-order valence-corrected chi connectivity index (χ3v) is 3.40. The lowest BCUT2D eigenvalue weighted by molar-refractivity contribution is 0.116. The van der Waals surface area contributed by atoms with Gasteiger partial charge in [-0.25, -0.2) is 0 Å². The van der Waals surface area contributed by atoms with Gasteiger partial charge in [0.2, 0.25) is 0 Å². The van der Waals surface area contributed by atoms with Crippen molar-refractivity contribution in [3.8, 4) is 0 Å². The Kier molecular flexibility index (Phi) is 4.72. The molecule has 2 N–H and O–H groups in total. The fourth-order valence-electron chi connectivity index (χ4n) is 2.61. The molecular weight excluding hydrogens is 212 g/mol. The highest BCUT2D eigenvalue weighted by molar-refractivity contribution is 5.36. The third kappa shape index (κ3) is 3.83. The van der Waals surface area contributed by atoms with Gasteiger partial charge in [-0.15, -0.1) is 0 Å². The van der Waals surface area contributed by atoms with Gasteiger partial charge in [0.15, 0.2) is 0 Å². The van der Waals surface area contributed by atoms with Crippen LogP contribution in [0.5, 0.6) is 0 Å². The summed E-state index contributed by atoms with van der Waals surface area (Å²) in [5.74, 6) is 0. The second-order valence-corrected chi connectivity index (χ2v) is 5.60. The van der Waals surface area contributed by atoms with Crippen LogP contribution >= 0.6 is 0 Å². The van der Waals surface area contributed by atoms with E-state index >= 15 is 0 Å². The highest BCUT2D eigenvalue weighted by atomic mass is 16.3. The fourth-order valence-corrected chi connectivity index (χ4v) is 2.61. The molecule has 96 valence electrons. The monoisotopic (exact) mass is 236 g/mol. The minimum Gasteiger partial charge on any atom is -0.393 e. The molecule has 0 amide bonds. The third-order valence-electron chi connectivity index (χ3n) is 3.40. The van der Waals surface area contributed by atoms with E-state index in [1.807, 2.05) is 13.0 Å². The molecule has 0 aromatic rings. The van der Waals surface area contributed by atoms with Crippen molar-refractivity contribution in [2.45, 2.75) is 46.6 Å². The van der Waals surface area contributed by atoms with E-state index in [2.05, 4.69) is 26.8 Å². The Labute approximate surface area is 104 Å². The van der Waals surface area contributed by atoms with Crippen molar-refractivity contribution >= 4 is 0 Å². The van der Waals surface area contributed by atoms with Crippen LogP contribution < -0.4 is 0 Å². The molecule has 2 nitrogen and oxygen atoms in total. The molecule has 0 fully saturated rings. The van der Waals surface area contributed by atoms with Gasteiger partial charge in [0.25, 0.3) is 0 Å². The van der Waals surface area contributed by atoms with Crippen LogP contribution in [0, 0.1) is 5.41 Å². The maximum atomic E-state index is 9.79. The first-order valence-electron chi connectivity index (χ1n) is 6.21. The summed E-state index contributed by atoms with van der Waals surface area (Å²) in [6.45, 7) is 8.49. The second-order valence-electron chi connectivity index (χ2n) is 5.60. The predicted octanol–water partition coefficient (Wildman–Crippen LogP) is 2.98. The molecule has 0 bridgehead atoms. The summed E-state index contributed by atoms with van der Waals surface area (Å²) in [6.07, 6.45) is 7.32. The summed E-state index contributed by atoms with van der Waals surface area (Å²) in [7, 11) is 0. The van der Waals surface area contributed by atoms with E-state index in [1.54, 1.807) is 6.08 Å². The first-order valence-corrected chi connectivity index (χ1v) is 6.21. The molecule has 0 aromatic heterocycles. The Morgan fingerprint density at radius 3 is 2.65 bits per heavy atom. The minimum absolute atomic E-state index is 0.0255. The van der Waals surface area contributed by atoms with Crippen molar-refractivity contribution in [3.05, 3.63) is 34.9 Å². The summed E-state index contributed by atoms with van der Waals surface area (Å²) >= 11 is 0. The van der Waals surface area contributed by atoms with Crippen molar-refractivity contribution in [1.82, 2.24) is 0 Å². The van der Waals surface area contributed by atoms with Crippen LogP contribution in [-0.2, 0) is 0 Å². The summed E-state index contributed by atoms with van der Waals surface area (Å²) in [5, 5.41) is 18.6. The van der Waals surface area contributed by atoms with Crippen LogP contribution in [0.4, 0.5) is 0 Å². The molecule has 1 atom stereocenters. The smallest absolute Gasteiger partial charge is 0.0617 e. The summed E-state index contributed by atoms with van der Waals surface area (Å²) in [5.41, 5.74) is 3.67. The molecule has 0 heterocycles. The molecule has 1 aliphatic rings. The van der Waals surface area contributed by atoms with Crippen LogP contribution in [0.1, 0.15) is 40.5 Å². The SMILES string of the molecule is CC1=C(/C=C/C(C)=C/CO)C(C)(C)CC(O)C1. The van der Waals surface area contributed by atoms with E-state index in [0.29, 0.717) is 0 Å². The molecule has 1 unspecified atom stereocenters. The van der Waals surface area contributed by atoms with Gasteiger partial charge in [0.05, 0.1) is 12.7 Å². The maximum absolute atomic E-state index is 9.79. The molecular formula is C15H24O2. The Balaban J connectivity index is 2.95. The van der Waals surface area contributed by atoms with E-state index in [9.17, 15) is 5.11 Å². The van der Waals surface area contributed by atoms with Crippen molar-refractivity contribution in [1.29, 1.82) is 0 Å². The number of aliphatic hydroxyl groups is 2. The van der Waals surface area contributed by atoms with E-state index in [-0.39, 0.29) is 18.1 Å². The average molecular weight is 236 g/mol. The van der Waals surface area contributed by atoms with E-state index < -0.39 is 0 Å². The number of allylic oxidation sites excluding steroid dienone is 4. The number of hydrogen-bond donors (Lipinski definition) is 2. The van der Waals surface area contributed by atoms with E-state index in [4.69, 9.17) is 5.11 Å². The van der Waals surface area contributed by atoms with Crippen LogP contribution in [-0.4, -0.2) is 22.9 Å². The maximum Gasteiger partial charge on any atom is 0.0617 e. The summed E-state index contributed by atoms with van der Waals surface area (Å²) < 4.78 is 0. The lowest BCUT2D eigenvalue weighted by Gasteiger charge is -2.35. The number of hydrogen-bond acceptors (Lipinski definition) is 2. The zero-order valence-electron chi connectivity index (χ0n) is 11.3. The van der Waals surface area contributed by atoms with Crippen molar-refractivity contribution in [2.75, 3.05) is 6.61 Å². The molecule has 0 aromatic carbocycles. The zero-order chi connectivity index (χ0) is 13.1. The standard InChI is InChI=1S/C15H24O2/c1-11(7-8-16)5-6-14-12(2)9-13(17)10-15(14,3)4/h5-7,13,16-17H,8-10H2,1-4H3/b6-5+,11-7+. The zero-order valence-corrected chi connectivity index (χ0v) is 11.3. The largest absolute Gasteiger partial charge is 0.393 e. The van der Waals surface area contributed by atoms with E-state index in [1.165, 1.54) is 11.1 Å². The van der Waals surface area contributed by atoms with Gasteiger partial charge < -0.3 is 10.2 Å². The molecule has 1 aliphatic carbocycles. The molecule has 0 radical (unpaired) electrons. The van der Waals surface area contributed by atoms with Gasteiger partial charge in [-0.1, -0.05) is 43.2 Å². The van der Waals surface area contributed by atoms with Gasteiger partial charge in [0.1, 0.15) is 0 Å². The van der Waals surface area contributed by atoms with Crippen LogP contribution in [0.2, 0.25) is 0 Å². The summed E-state index contributed by atoms with van der Waals surface area (Å²) in [4.78, 5) is 0. The van der Waals surface area contributed by atoms with Crippen LogP contribution in [0.3, 0.4) is 0 Å². The lowest BCUT2D eigenvalue weighted by Crippen LogP contribution is -2.28. The fraction of sp³-hybridized carbons (Fsp3) is 0.600. The predicted molar refractivity (Wildman–Crippen MR) is 71.7 cm³/mol. The quantitative estimate of drug-likeness (QED) is 0.740. The average Bonchev–Trinajstić information content (AvgIpc) is 2.14. The highest BCUT2D eigenvalue weighted by Gasteiger charge is 2.31. The molecule has 2 heteroatoms. The van der Waals surface area contributed by atoms with Gasteiger partial charge in [-0.05, 0) is 37.7 Å². The highest BCUT2D eigenvalue weighted by Crippen LogP contribution is 2.40. The molecule has 0 spiro atoms. The Bertz CT molecular complexity index is 359. The molecule has 17 heavy (non-hydrogen) atoms. The van der Waals surface area contributed by atoms with Gasteiger partial charge in [0, 0.05) is 0 Å². The number of rotatable bonds is 3.